The molecule has 0 bridgehead atoms. The predicted octanol–water partition coefficient (Wildman–Crippen LogP) is -0.754. The van der Waals surface area contributed by atoms with Gasteiger partial charge in [0.1, 0.15) is 24.6 Å². The van der Waals surface area contributed by atoms with Crippen molar-refractivity contribution in [3.63, 3.8) is 0 Å². The van der Waals surface area contributed by atoms with Gasteiger partial charge >= 0.3 is 6.01 Å². The van der Waals surface area contributed by atoms with E-state index in [1.807, 2.05) is 4.72 Å². The van der Waals surface area contributed by atoms with Gasteiger partial charge in [0, 0.05) is 7.11 Å². The number of aliphatic hydroxyl groups is 3. The van der Waals surface area contributed by atoms with E-state index in [0.717, 1.165) is 12.5 Å². The molecule has 0 fully saturated rings. The molecule has 12 heteroatoms. The molecule has 1 aromatic carbocycles. The molecule has 5 N–H and O–H groups in total. The summed E-state index contributed by atoms with van der Waals surface area (Å²) in [5.41, 5.74) is 0.0934. The number of benzene rings is 1. The van der Waals surface area contributed by atoms with Crippen molar-refractivity contribution in [2.75, 3.05) is 24.7 Å². The largest absolute Gasteiger partial charge is 0.431 e. The lowest BCUT2D eigenvalue weighted by molar-refractivity contribution is -0.0633. The van der Waals surface area contributed by atoms with Crippen LogP contribution in [0.25, 0.3) is 0 Å². The maximum atomic E-state index is 12.5. The van der Waals surface area contributed by atoms with Crippen molar-refractivity contribution >= 4 is 21.9 Å². The second-order valence-corrected chi connectivity index (χ2v) is 8.03. The molecule has 160 valence electrons. The summed E-state index contributed by atoms with van der Waals surface area (Å²) < 4.78 is 34.1. The van der Waals surface area contributed by atoms with Gasteiger partial charge < -0.3 is 29.8 Å². The Bertz CT molecular complexity index is 902. The Morgan fingerprint density at radius 2 is 1.90 bits per heavy atom. The number of anilines is 1. The van der Waals surface area contributed by atoms with E-state index >= 15 is 0 Å². The molecule has 0 radical (unpaired) electrons. The zero-order valence-electron chi connectivity index (χ0n) is 15.7. The molecule has 2 aromatic rings. The van der Waals surface area contributed by atoms with Crippen molar-refractivity contribution in [1.82, 2.24) is 10.3 Å². The third kappa shape index (κ3) is 6.51. The van der Waals surface area contributed by atoms with E-state index in [4.69, 9.17) is 9.15 Å². The highest BCUT2D eigenvalue weighted by atomic mass is 32.2. The van der Waals surface area contributed by atoms with Crippen LogP contribution in [0, 0.1) is 0 Å². The lowest BCUT2D eigenvalue weighted by atomic mass is 9.94. The van der Waals surface area contributed by atoms with Gasteiger partial charge in [0.15, 0.2) is 5.69 Å². The number of aliphatic hydroxyl groups excluding tert-OH is 3. The lowest BCUT2D eigenvalue weighted by Crippen LogP contribution is -2.52. The molecule has 0 aliphatic heterocycles. The number of nitrogens with one attached hydrogen (secondary N) is 2. The summed E-state index contributed by atoms with van der Waals surface area (Å²) in [7, 11) is -2.34. The first-order valence-corrected chi connectivity index (χ1v) is 10.3. The standard InChI is InChI=1S/C17H23N3O8S/c1-27-9-12(21)15(23)13(14(22)10-6-4-3-5-7-10)19-16(24)11-8-28-17(18-11)20-29(2,25)26/h3-8,12-15,21-23H,9H2,1-2H3,(H,18,20)(H,19,24). The molecule has 11 nitrogen and oxygen atoms in total. The van der Waals surface area contributed by atoms with Gasteiger partial charge in [-0.3, -0.25) is 4.79 Å². The van der Waals surface area contributed by atoms with E-state index < -0.39 is 46.3 Å². The minimum Gasteiger partial charge on any atom is -0.431 e. The van der Waals surface area contributed by atoms with Gasteiger partial charge in [0.2, 0.25) is 10.0 Å². The Labute approximate surface area is 167 Å². The number of oxazole rings is 1. The summed E-state index contributed by atoms with van der Waals surface area (Å²) in [5.74, 6) is -0.862. The number of amides is 1. The summed E-state index contributed by atoms with van der Waals surface area (Å²) >= 11 is 0. The number of rotatable bonds is 10. The predicted molar refractivity (Wildman–Crippen MR) is 102 cm³/mol. The van der Waals surface area contributed by atoms with Gasteiger partial charge in [-0.25, -0.2) is 13.1 Å². The minimum atomic E-state index is -3.66. The molecule has 29 heavy (non-hydrogen) atoms. The maximum absolute atomic E-state index is 12.5. The van der Waals surface area contributed by atoms with Crippen molar-refractivity contribution < 1.29 is 37.7 Å². The molecule has 1 heterocycles. The Morgan fingerprint density at radius 3 is 2.48 bits per heavy atom. The number of sulfonamides is 1. The Balaban J connectivity index is 2.23. The summed E-state index contributed by atoms with van der Waals surface area (Å²) in [6.45, 7) is -0.235. The highest BCUT2D eigenvalue weighted by Gasteiger charge is 2.35. The summed E-state index contributed by atoms with van der Waals surface area (Å²) in [4.78, 5) is 16.2. The fourth-order valence-corrected chi connectivity index (χ4v) is 2.94. The van der Waals surface area contributed by atoms with E-state index in [2.05, 4.69) is 10.3 Å². The van der Waals surface area contributed by atoms with Crippen LogP contribution in [0.1, 0.15) is 22.2 Å². The normalized spacial score (nSPS) is 15.9. The number of carbonyl (C=O) groups is 1. The van der Waals surface area contributed by atoms with Crippen LogP contribution in [0.15, 0.2) is 41.0 Å². The van der Waals surface area contributed by atoms with Gasteiger partial charge in [-0.2, -0.15) is 4.98 Å². The molecule has 0 saturated heterocycles. The smallest absolute Gasteiger partial charge is 0.309 e. The van der Waals surface area contributed by atoms with Crippen LogP contribution < -0.4 is 10.0 Å². The van der Waals surface area contributed by atoms with Gasteiger partial charge in [-0.1, -0.05) is 30.3 Å². The van der Waals surface area contributed by atoms with Crippen LogP contribution in [-0.4, -0.2) is 72.9 Å². The lowest BCUT2D eigenvalue weighted by Gasteiger charge is -2.31. The molecule has 1 amide bonds. The first kappa shape index (κ1) is 22.8. The van der Waals surface area contributed by atoms with E-state index in [0.29, 0.717) is 5.56 Å². The Morgan fingerprint density at radius 1 is 1.24 bits per heavy atom. The molecule has 4 unspecified atom stereocenters. The van der Waals surface area contributed by atoms with E-state index in [1.54, 1.807) is 30.3 Å². The molecule has 0 saturated carbocycles. The number of nitrogens with zero attached hydrogens (tertiary/aromatic N) is 1. The fraction of sp³-hybridized carbons (Fsp3) is 0.412. The first-order chi connectivity index (χ1) is 13.6. The van der Waals surface area contributed by atoms with Crippen LogP contribution in [0.5, 0.6) is 0 Å². The SMILES string of the molecule is COCC(O)C(O)C(NC(=O)c1coc(NS(C)(=O)=O)n1)C(O)c1ccccc1. The van der Waals surface area contributed by atoms with Crippen LogP contribution in [0.3, 0.4) is 0 Å². The van der Waals surface area contributed by atoms with E-state index in [-0.39, 0.29) is 12.3 Å². The van der Waals surface area contributed by atoms with Crippen molar-refractivity contribution in [3.05, 3.63) is 47.9 Å². The highest BCUT2D eigenvalue weighted by molar-refractivity contribution is 7.91. The summed E-state index contributed by atoms with van der Waals surface area (Å²) in [6, 6.07) is 6.47. The monoisotopic (exact) mass is 429 g/mol. The quantitative estimate of drug-likeness (QED) is 0.326. The Hall–Kier alpha value is -2.51. The zero-order valence-corrected chi connectivity index (χ0v) is 16.5. The molecule has 0 aliphatic carbocycles. The van der Waals surface area contributed by atoms with Crippen LogP contribution >= 0.6 is 0 Å². The number of ether oxygens (including phenoxy) is 1. The van der Waals surface area contributed by atoms with Gasteiger partial charge in [-0.05, 0) is 5.56 Å². The number of hydrogen-bond acceptors (Lipinski definition) is 9. The average molecular weight is 429 g/mol. The van der Waals surface area contributed by atoms with Crippen LogP contribution in [0.2, 0.25) is 0 Å². The molecule has 4 atom stereocenters. The maximum Gasteiger partial charge on any atom is 0.309 e. The van der Waals surface area contributed by atoms with Crippen molar-refractivity contribution in [2.24, 2.45) is 0 Å². The number of hydrogen-bond donors (Lipinski definition) is 5. The molecule has 1 aromatic heterocycles. The van der Waals surface area contributed by atoms with Gasteiger partial charge in [-0.15, -0.1) is 0 Å². The summed E-state index contributed by atoms with van der Waals surface area (Å²) in [5, 5.41) is 33.6. The van der Waals surface area contributed by atoms with E-state index in [9.17, 15) is 28.5 Å². The summed E-state index contributed by atoms with van der Waals surface area (Å²) in [6.07, 6.45) is -2.57. The van der Waals surface area contributed by atoms with Crippen molar-refractivity contribution in [3.8, 4) is 0 Å². The fourth-order valence-electron chi connectivity index (χ4n) is 2.53. The number of aromatic nitrogens is 1. The Kier molecular flexibility index (Phi) is 7.70. The topological polar surface area (TPSA) is 171 Å². The number of methoxy groups -OCH3 is 1. The van der Waals surface area contributed by atoms with Crippen molar-refractivity contribution in [2.45, 2.75) is 24.4 Å². The molecule has 2 rings (SSSR count). The third-order valence-corrected chi connectivity index (χ3v) is 4.43. The van der Waals surface area contributed by atoms with Crippen molar-refractivity contribution in [1.29, 1.82) is 0 Å². The second kappa shape index (κ2) is 9.80. The van der Waals surface area contributed by atoms with Crippen LogP contribution in [0.4, 0.5) is 6.01 Å². The zero-order chi connectivity index (χ0) is 21.6. The van der Waals surface area contributed by atoms with E-state index in [1.165, 1.54) is 7.11 Å². The highest BCUT2D eigenvalue weighted by Crippen LogP contribution is 2.21. The minimum absolute atomic E-state index is 0.235. The third-order valence-electron chi connectivity index (χ3n) is 3.89. The van der Waals surface area contributed by atoms with Gasteiger partial charge in [0.25, 0.3) is 5.91 Å². The van der Waals surface area contributed by atoms with Gasteiger partial charge in [0.05, 0.1) is 18.9 Å². The molecular formula is C17H23N3O8S. The molecular weight excluding hydrogens is 406 g/mol. The molecule has 0 spiro atoms. The first-order valence-electron chi connectivity index (χ1n) is 8.44. The molecule has 0 aliphatic rings. The average Bonchev–Trinajstić information content (AvgIpc) is 3.12. The second-order valence-electron chi connectivity index (χ2n) is 6.28. The number of carbonyl (C=O) groups excluding carboxylic acids is 1. The van der Waals surface area contributed by atoms with Crippen LogP contribution in [-0.2, 0) is 14.8 Å².